The fourth-order valence-corrected chi connectivity index (χ4v) is 3.30. The molecule has 2 aromatic rings. The molecule has 2 aliphatic heterocycles. The molecule has 142 valence electrons. The molecule has 1 fully saturated rings. The van der Waals surface area contributed by atoms with Crippen LogP contribution in [0.1, 0.15) is 18.3 Å². The summed E-state index contributed by atoms with van der Waals surface area (Å²) in [5.74, 6) is 4.07. The van der Waals surface area contributed by atoms with E-state index in [1.54, 1.807) is 6.92 Å². The smallest absolute Gasteiger partial charge is 0.231 e. The van der Waals surface area contributed by atoms with Gasteiger partial charge < -0.3 is 24.6 Å². The minimum absolute atomic E-state index is 0.125. The van der Waals surface area contributed by atoms with Crippen molar-refractivity contribution in [3.8, 4) is 11.5 Å². The maximum absolute atomic E-state index is 11.5. The first kappa shape index (κ1) is 17.4. The van der Waals surface area contributed by atoms with Crippen molar-refractivity contribution in [2.75, 3.05) is 43.2 Å². The Hall–Kier alpha value is -3.03. The van der Waals surface area contributed by atoms with Crippen molar-refractivity contribution in [1.82, 2.24) is 14.9 Å². The molecular formula is C19H23N5O3. The summed E-state index contributed by atoms with van der Waals surface area (Å²) in [6.07, 6.45) is 0. The number of aryl methyl sites for hydroxylation is 1. The monoisotopic (exact) mass is 369 g/mol. The second kappa shape index (κ2) is 7.30. The number of anilines is 2. The van der Waals surface area contributed by atoms with Gasteiger partial charge in [0.05, 0.1) is 0 Å². The fourth-order valence-electron chi connectivity index (χ4n) is 3.30. The van der Waals surface area contributed by atoms with Crippen LogP contribution in [0.3, 0.4) is 0 Å². The zero-order valence-corrected chi connectivity index (χ0v) is 15.6. The molecule has 1 aromatic heterocycles. The number of carbonyl (C=O) groups is 1. The van der Waals surface area contributed by atoms with E-state index in [9.17, 15) is 4.79 Å². The van der Waals surface area contributed by atoms with Crippen LogP contribution >= 0.6 is 0 Å². The highest BCUT2D eigenvalue weighted by molar-refractivity contribution is 5.73. The van der Waals surface area contributed by atoms with E-state index >= 15 is 0 Å². The van der Waals surface area contributed by atoms with E-state index in [0.29, 0.717) is 6.54 Å². The van der Waals surface area contributed by atoms with Gasteiger partial charge >= 0.3 is 0 Å². The highest BCUT2D eigenvalue weighted by Crippen LogP contribution is 2.32. The summed E-state index contributed by atoms with van der Waals surface area (Å²) in [7, 11) is 0. The van der Waals surface area contributed by atoms with Crippen LogP contribution in [0.25, 0.3) is 0 Å². The molecule has 0 atom stereocenters. The first-order valence-electron chi connectivity index (χ1n) is 9.07. The summed E-state index contributed by atoms with van der Waals surface area (Å²) >= 11 is 0. The molecule has 0 radical (unpaired) electrons. The number of ether oxygens (including phenoxy) is 2. The van der Waals surface area contributed by atoms with Crippen LogP contribution in [0.4, 0.5) is 11.6 Å². The number of nitrogens with zero attached hydrogens (tertiary/aromatic N) is 4. The highest BCUT2D eigenvalue weighted by Gasteiger charge is 2.20. The van der Waals surface area contributed by atoms with Crippen LogP contribution in [0, 0.1) is 6.92 Å². The summed E-state index contributed by atoms with van der Waals surface area (Å²) in [5, 5.41) is 3.36. The number of amides is 1. The lowest BCUT2D eigenvalue weighted by atomic mass is 10.2. The van der Waals surface area contributed by atoms with Crippen LogP contribution in [0.2, 0.25) is 0 Å². The lowest BCUT2D eigenvalue weighted by Crippen LogP contribution is -2.48. The minimum atomic E-state index is 0.125. The Morgan fingerprint density at radius 2 is 1.89 bits per heavy atom. The summed E-state index contributed by atoms with van der Waals surface area (Å²) in [6.45, 7) is 7.40. The maximum Gasteiger partial charge on any atom is 0.231 e. The van der Waals surface area contributed by atoms with Gasteiger partial charge in [0.2, 0.25) is 12.7 Å². The summed E-state index contributed by atoms with van der Waals surface area (Å²) in [4.78, 5) is 24.6. The third-order valence-corrected chi connectivity index (χ3v) is 4.78. The molecule has 0 spiro atoms. The second-order valence-corrected chi connectivity index (χ2v) is 6.69. The molecule has 2 aliphatic rings. The van der Waals surface area contributed by atoms with E-state index in [0.717, 1.165) is 60.7 Å². The zero-order valence-electron chi connectivity index (χ0n) is 15.6. The van der Waals surface area contributed by atoms with Crippen molar-refractivity contribution in [3.05, 3.63) is 35.7 Å². The number of piperazine rings is 1. The Morgan fingerprint density at radius 3 is 2.67 bits per heavy atom. The molecule has 3 heterocycles. The Balaban J connectivity index is 1.42. The van der Waals surface area contributed by atoms with Crippen molar-refractivity contribution in [3.63, 3.8) is 0 Å². The quantitative estimate of drug-likeness (QED) is 0.880. The Bertz CT molecular complexity index is 849. The number of hydrogen-bond acceptors (Lipinski definition) is 7. The minimum Gasteiger partial charge on any atom is -0.454 e. The molecule has 1 amide bonds. The number of hydrogen-bond donors (Lipinski definition) is 1. The largest absolute Gasteiger partial charge is 0.454 e. The molecule has 0 unspecified atom stereocenters. The zero-order chi connectivity index (χ0) is 18.8. The third kappa shape index (κ3) is 3.89. The normalized spacial score (nSPS) is 15.8. The topological polar surface area (TPSA) is 79.8 Å². The summed E-state index contributed by atoms with van der Waals surface area (Å²) in [6, 6.07) is 7.87. The molecule has 27 heavy (non-hydrogen) atoms. The van der Waals surface area contributed by atoms with Gasteiger partial charge in [0.25, 0.3) is 0 Å². The van der Waals surface area contributed by atoms with E-state index < -0.39 is 0 Å². The summed E-state index contributed by atoms with van der Waals surface area (Å²) < 4.78 is 10.8. The molecule has 0 aliphatic carbocycles. The number of aromatic nitrogens is 2. The van der Waals surface area contributed by atoms with E-state index in [2.05, 4.69) is 20.2 Å². The maximum atomic E-state index is 11.5. The predicted molar refractivity (Wildman–Crippen MR) is 101 cm³/mol. The fraction of sp³-hybridized carbons (Fsp3) is 0.421. The number of fused-ring (bicyclic) bond motifs is 1. The molecule has 4 rings (SSSR count). The number of nitrogens with one attached hydrogen (secondary N) is 1. The van der Waals surface area contributed by atoms with Gasteiger partial charge in [-0.2, -0.15) is 0 Å². The molecule has 1 saturated heterocycles. The van der Waals surface area contributed by atoms with Crippen LogP contribution in [-0.4, -0.2) is 53.7 Å². The van der Waals surface area contributed by atoms with Gasteiger partial charge in [-0.05, 0) is 24.6 Å². The molecule has 8 nitrogen and oxygen atoms in total. The van der Waals surface area contributed by atoms with Crippen molar-refractivity contribution in [1.29, 1.82) is 0 Å². The molecule has 0 saturated carbocycles. The molecule has 8 heteroatoms. The average molecular weight is 369 g/mol. The van der Waals surface area contributed by atoms with Gasteiger partial charge in [-0.15, -0.1) is 0 Å². The lowest BCUT2D eigenvalue weighted by Gasteiger charge is -2.35. The van der Waals surface area contributed by atoms with Crippen molar-refractivity contribution >= 4 is 17.5 Å². The van der Waals surface area contributed by atoms with Crippen molar-refractivity contribution in [2.24, 2.45) is 0 Å². The van der Waals surface area contributed by atoms with E-state index in [-0.39, 0.29) is 12.7 Å². The Kier molecular flexibility index (Phi) is 4.70. The van der Waals surface area contributed by atoms with E-state index in [1.165, 1.54) is 0 Å². The van der Waals surface area contributed by atoms with E-state index in [4.69, 9.17) is 9.47 Å². The van der Waals surface area contributed by atoms with Gasteiger partial charge in [0, 0.05) is 45.7 Å². The van der Waals surface area contributed by atoms with Crippen LogP contribution in [0.5, 0.6) is 11.5 Å². The number of carbonyl (C=O) groups excluding carboxylic acids is 1. The van der Waals surface area contributed by atoms with Gasteiger partial charge in [0.1, 0.15) is 17.5 Å². The van der Waals surface area contributed by atoms with Gasteiger partial charge in [-0.25, -0.2) is 9.97 Å². The molecule has 0 bridgehead atoms. The Labute approximate surface area is 158 Å². The van der Waals surface area contributed by atoms with Gasteiger partial charge in [-0.1, -0.05) is 6.07 Å². The Morgan fingerprint density at radius 1 is 1.11 bits per heavy atom. The highest BCUT2D eigenvalue weighted by atomic mass is 16.7. The average Bonchev–Trinajstić information content (AvgIpc) is 3.14. The van der Waals surface area contributed by atoms with Crippen LogP contribution in [-0.2, 0) is 11.3 Å². The summed E-state index contributed by atoms with van der Waals surface area (Å²) in [5.41, 5.74) is 1.09. The lowest BCUT2D eigenvalue weighted by molar-refractivity contribution is -0.129. The first-order chi connectivity index (χ1) is 13.1. The number of rotatable bonds is 4. The molecule has 1 N–H and O–H groups in total. The second-order valence-electron chi connectivity index (χ2n) is 6.69. The van der Waals surface area contributed by atoms with Crippen molar-refractivity contribution < 1.29 is 14.3 Å². The van der Waals surface area contributed by atoms with Crippen LogP contribution in [0.15, 0.2) is 24.3 Å². The van der Waals surface area contributed by atoms with Gasteiger partial charge in [0.15, 0.2) is 11.5 Å². The van der Waals surface area contributed by atoms with Crippen LogP contribution < -0.4 is 19.7 Å². The SMILES string of the molecule is CC(=O)N1CCN(c2cc(NCc3ccc4c(c3)OCO4)nc(C)n2)CC1. The number of benzene rings is 1. The molecule has 1 aromatic carbocycles. The third-order valence-electron chi connectivity index (χ3n) is 4.78. The van der Waals surface area contributed by atoms with E-state index in [1.807, 2.05) is 36.1 Å². The van der Waals surface area contributed by atoms with Gasteiger partial charge in [-0.3, -0.25) is 4.79 Å². The predicted octanol–water partition coefficient (Wildman–Crippen LogP) is 1.79. The first-order valence-corrected chi connectivity index (χ1v) is 9.07. The standard InChI is InChI=1S/C19H23N5O3/c1-13-21-18(20-11-15-3-4-16-17(9-15)27-12-26-16)10-19(22-13)24-7-5-23(6-8-24)14(2)25/h3-4,9-10H,5-8,11-12H2,1-2H3,(H,20,21,22). The van der Waals surface area contributed by atoms with Crippen molar-refractivity contribution in [2.45, 2.75) is 20.4 Å². The molecular weight excluding hydrogens is 346 g/mol.